The fourth-order valence-corrected chi connectivity index (χ4v) is 3.24. The first kappa shape index (κ1) is 11.0. The molecule has 0 aromatic heterocycles. The molecule has 3 aliphatic rings. The van der Waals surface area contributed by atoms with Crippen LogP contribution in [0.3, 0.4) is 0 Å². The maximum Gasteiger partial charge on any atom is 0.231 e. The van der Waals surface area contributed by atoms with E-state index in [0.717, 1.165) is 18.0 Å². The summed E-state index contributed by atoms with van der Waals surface area (Å²) >= 11 is 0. The molecule has 3 nitrogen and oxygen atoms in total. The Morgan fingerprint density at radius 3 is 2.90 bits per heavy atom. The van der Waals surface area contributed by atoms with E-state index >= 15 is 0 Å². The van der Waals surface area contributed by atoms with Crippen molar-refractivity contribution in [1.29, 1.82) is 0 Å². The van der Waals surface area contributed by atoms with Crippen LogP contribution < -0.4 is 9.47 Å². The van der Waals surface area contributed by atoms with E-state index in [1.54, 1.807) is 0 Å². The highest BCUT2D eigenvalue weighted by Crippen LogP contribution is 2.44. The van der Waals surface area contributed by atoms with Crippen LogP contribution in [-0.4, -0.2) is 11.7 Å². The van der Waals surface area contributed by atoms with Crippen molar-refractivity contribution in [1.82, 2.24) is 4.90 Å². The van der Waals surface area contributed by atoms with Gasteiger partial charge in [-0.1, -0.05) is 30.3 Å². The molecule has 0 radical (unpaired) electrons. The van der Waals surface area contributed by atoms with Gasteiger partial charge >= 0.3 is 0 Å². The van der Waals surface area contributed by atoms with Crippen LogP contribution in [0.25, 0.3) is 17.8 Å². The SMILES string of the molecule is C1=CN2Cc3c(ccc4c3OCO4)C=C2c2ccccc21. The first-order valence-electron chi connectivity index (χ1n) is 7.07. The Balaban J connectivity index is 1.73. The van der Waals surface area contributed by atoms with Crippen molar-refractivity contribution in [3.8, 4) is 11.5 Å². The van der Waals surface area contributed by atoms with E-state index in [9.17, 15) is 0 Å². The van der Waals surface area contributed by atoms with E-state index in [1.165, 1.54) is 28.0 Å². The Labute approximate surface area is 122 Å². The molecule has 102 valence electrons. The summed E-state index contributed by atoms with van der Waals surface area (Å²) in [5.41, 5.74) is 6.22. The third kappa shape index (κ3) is 1.49. The van der Waals surface area contributed by atoms with Crippen molar-refractivity contribution in [2.75, 3.05) is 6.79 Å². The maximum absolute atomic E-state index is 5.64. The van der Waals surface area contributed by atoms with Crippen molar-refractivity contribution in [2.24, 2.45) is 0 Å². The Kier molecular flexibility index (Phi) is 2.06. The summed E-state index contributed by atoms with van der Waals surface area (Å²) < 4.78 is 11.1. The number of fused-ring (bicyclic) bond motifs is 6. The lowest BCUT2D eigenvalue weighted by molar-refractivity contribution is 0.173. The lowest BCUT2D eigenvalue weighted by Gasteiger charge is -2.33. The van der Waals surface area contributed by atoms with Crippen LogP contribution in [0.2, 0.25) is 0 Å². The van der Waals surface area contributed by atoms with Gasteiger partial charge in [-0.25, -0.2) is 0 Å². The van der Waals surface area contributed by atoms with Crippen LogP contribution in [0.1, 0.15) is 22.3 Å². The second-order valence-corrected chi connectivity index (χ2v) is 5.43. The van der Waals surface area contributed by atoms with Crippen molar-refractivity contribution in [3.63, 3.8) is 0 Å². The largest absolute Gasteiger partial charge is 0.454 e. The fourth-order valence-electron chi connectivity index (χ4n) is 3.24. The predicted molar refractivity (Wildman–Crippen MR) is 81.5 cm³/mol. The first-order valence-corrected chi connectivity index (χ1v) is 7.07. The molecule has 0 amide bonds. The molecule has 21 heavy (non-hydrogen) atoms. The van der Waals surface area contributed by atoms with Gasteiger partial charge in [0.25, 0.3) is 0 Å². The summed E-state index contributed by atoms with van der Waals surface area (Å²) in [6.07, 6.45) is 6.55. The molecular formula is C18H13NO2. The molecule has 0 saturated heterocycles. The van der Waals surface area contributed by atoms with Crippen molar-refractivity contribution < 1.29 is 9.47 Å². The molecule has 2 aromatic carbocycles. The number of hydrogen-bond donors (Lipinski definition) is 0. The highest BCUT2D eigenvalue weighted by atomic mass is 16.7. The summed E-state index contributed by atoms with van der Waals surface area (Å²) in [7, 11) is 0. The Morgan fingerprint density at radius 1 is 0.952 bits per heavy atom. The third-order valence-electron chi connectivity index (χ3n) is 4.28. The first-order chi connectivity index (χ1) is 10.4. The molecule has 0 spiro atoms. The molecule has 3 heterocycles. The molecule has 0 fully saturated rings. The number of hydrogen-bond acceptors (Lipinski definition) is 3. The topological polar surface area (TPSA) is 21.7 Å². The van der Waals surface area contributed by atoms with Crippen LogP contribution in [0, 0.1) is 0 Å². The molecule has 0 N–H and O–H groups in total. The van der Waals surface area contributed by atoms with Crippen molar-refractivity contribution in [2.45, 2.75) is 6.54 Å². The summed E-state index contributed by atoms with van der Waals surface area (Å²) in [4.78, 5) is 2.27. The summed E-state index contributed by atoms with van der Waals surface area (Å²) in [5, 5.41) is 0. The van der Waals surface area contributed by atoms with Gasteiger partial charge < -0.3 is 14.4 Å². The van der Waals surface area contributed by atoms with E-state index in [1.807, 2.05) is 6.07 Å². The smallest absolute Gasteiger partial charge is 0.231 e. The molecule has 0 aliphatic carbocycles. The van der Waals surface area contributed by atoms with Crippen molar-refractivity contribution >= 4 is 17.8 Å². The summed E-state index contributed by atoms with van der Waals surface area (Å²) in [5.74, 6) is 1.75. The van der Waals surface area contributed by atoms with E-state index in [-0.39, 0.29) is 0 Å². The molecule has 3 heteroatoms. The second-order valence-electron chi connectivity index (χ2n) is 5.43. The van der Waals surface area contributed by atoms with Crippen LogP contribution >= 0.6 is 0 Å². The van der Waals surface area contributed by atoms with Gasteiger partial charge in [-0.2, -0.15) is 0 Å². The normalized spacial score (nSPS) is 17.0. The van der Waals surface area contributed by atoms with Gasteiger partial charge in [0.1, 0.15) is 0 Å². The molecular weight excluding hydrogens is 262 g/mol. The zero-order chi connectivity index (χ0) is 13.8. The number of benzene rings is 2. The maximum atomic E-state index is 5.64. The molecule has 0 atom stereocenters. The Bertz CT molecular complexity index is 820. The minimum Gasteiger partial charge on any atom is -0.454 e. The van der Waals surface area contributed by atoms with E-state index in [0.29, 0.717) is 6.79 Å². The molecule has 0 saturated carbocycles. The monoisotopic (exact) mass is 275 g/mol. The van der Waals surface area contributed by atoms with Gasteiger partial charge in [0.05, 0.1) is 6.54 Å². The Hall–Kier alpha value is -2.68. The average molecular weight is 275 g/mol. The quantitative estimate of drug-likeness (QED) is 0.731. The number of nitrogens with zero attached hydrogens (tertiary/aromatic N) is 1. The van der Waals surface area contributed by atoms with Gasteiger partial charge in [-0.3, -0.25) is 0 Å². The van der Waals surface area contributed by atoms with Crippen LogP contribution in [-0.2, 0) is 6.54 Å². The number of ether oxygens (including phenoxy) is 2. The lowest BCUT2D eigenvalue weighted by Crippen LogP contribution is -2.22. The summed E-state index contributed by atoms with van der Waals surface area (Å²) in [6, 6.07) is 12.6. The fraction of sp³-hybridized carbons (Fsp3) is 0.111. The van der Waals surface area contributed by atoms with E-state index < -0.39 is 0 Å². The zero-order valence-electron chi connectivity index (χ0n) is 11.4. The molecule has 2 aromatic rings. The highest BCUT2D eigenvalue weighted by molar-refractivity contribution is 5.90. The van der Waals surface area contributed by atoms with Crippen LogP contribution in [0.15, 0.2) is 42.6 Å². The van der Waals surface area contributed by atoms with Gasteiger partial charge in [-0.05, 0) is 29.3 Å². The van der Waals surface area contributed by atoms with Gasteiger partial charge in [-0.15, -0.1) is 0 Å². The van der Waals surface area contributed by atoms with E-state index in [2.05, 4.69) is 53.6 Å². The minimum atomic E-state index is 0.320. The minimum absolute atomic E-state index is 0.320. The molecule has 3 aliphatic heterocycles. The zero-order valence-corrected chi connectivity index (χ0v) is 11.4. The third-order valence-corrected chi connectivity index (χ3v) is 4.28. The van der Waals surface area contributed by atoms with Gasteiger partial charge in [0, 0.05) is 23.0 Å². The molecule has 0 bridgehead atoms. The Morgan fingerprint density at radius 2 is 1.90 bits per heavy atom. The van der Waals surface area contributed by atoms with E-state index in [4.69, 9.17) is 9.47 Å². The highest BCUT2D eigenvalue weighted by Gasteiger charge is 2.27. The van der Waals surface area contributed by atoms with Gasteiger partial charge in [0.15, 0.2) is 11.5 Å². The van der Waals surface area contributed by atoms with Crippen LogP contribution in [0.4, 0.5) is 0 Å². The van der Waals surface area contributed by atoms with Gasteiger partial charge in [0.2, 0.25) is 6.79 Å². The lowest BCUT2D eigenvalue weighted by atomic mass is 9.93. The predicted octanol–water partition coefficient (Wildman–Crippen LogP) is 3.71. The second kappa shape index (κ2) is 3.92. The number of rotatable bonds is 0. The average Bonchev–Trinajstić information content (AvgIpc) is 3.02. The van der Waals surface area contributed by atoms with Crippen molar-refractivity contribution in [3.05, 3.63) is 64.9 Å². The van der Waals surface area contributed by atoms with Crippen LogP contribution in [0.5, 0.6) is 11.5 Å². The standard InChI is InChI=1S/C18H13NO2/c1-2-4-14-12(3-1)7-8-19-10-15-13(9-16(14)19)5-6-17-18(15)21-11-20-17/h1-9H,10-11H2. The molecule has 5 rings (SSSR count). The summed E-state index contributed by atoms with van der Waals surface area (Å²) in [6.45, 7) is 1.14. The molecule has 0 unspecified atom stereocenters.